The molecule has 0 aromatic rings. The van der Waals surface area contributed by atoms with Crippen molar-refractivity contribution < 1.29 is 0 Å². The molecule has 1 N–H and O–H groups in total. The smallest absolute Gasteiger partial charge is 0.0658 e. The van der Waals surface area contributed by atoms with Gasteiger partial charge in [-0.05, 0) is 25.8 Å². The third-order valence-electron chi connectivity index (χ3n) is 1.75. The van der Waals surface area contributed by atoms with E-state index in [0.29, 0.717) is 11.5 Å². The molecule has 0 amide bonds. The highest BCUT2D eigenvalue weighted by atomic mass is 14.8. The average Bonchev–Trinajstić information content (AvgIpc) is 1.96. The van der Waals surface area contributed by atoms with Gasteiger partial charge < -0.3 is 5.32 Å². The number of hydrogen-bond acceptors (Lipinski definition) is 1. The Balaban J connectivity index is 3.59. The molecule has 1 nitrogen and oxygen atoms in total. The highest BCUT2D eigenvalue weighted by Crippen LogP contribution is 2.19. The molecular formula is C11H21N. The Hall–Kier alpha value is -0.480. The predicted octanol–water partition coefficient (Wildman–Crippen LogP) is 2.42. The summed E-state index contributed by atoms with van der Waals surface area (Å²) in [5, 5.41) is 3.09. The quantitative estimate of drug-likeness (QED) is 0.623. The molecule has 0 fully saturated rings. The second-order valence-electron chi connectivity index (χ2n) is 4.39. The van der Waals surface area contributed by atoms with Crippen LogP contribution in [0.2, 0.25) is 0 Å². The van der Waals surface area contributed by atoms with Gasteiger partial charge >= 0.3 is 0 Å². The first kappa shape index (κ1) is 11.5. The lowest BCUT2D eigenvalue weighted by Crippen LogP contribution is -2.18. The van der Waals surface area contributed by atoms with E-state index in [0.717, 1.165) is 6.42 Å². The molecule has 0 aromatic heterocycles. The van der Waals surface area contributed by atoms with Crippen LogP contribution >= 0.6 is 0 Å². The normalized spacial score (nSPS) is 13.4. The van der Waals surface area contributed by atoms with Gasteiger partial charge in [0.15, 0.2) is 0 Å². The van der Waals surface area contributed by atoms with Crippen molar-refractivity contribution in [2.45, 2.75) is 46.6 Å². The van der Waals surface area contributed by atoms with E-state index in [2.05, 4.69) is 44.9 Å². The number of rotatable bonds is 2. The van der Waals surface area contributed by atoms with Gasteiger partial charge in [0.1, 0.15) is 0 Å². The van der Waals surface area contributed by atoms with E-state index in [4.69, 9.17) is 0 Å². The summed E-state index contributed by atoms with van der Waals surface area (Å²) in [4.78, 5) is 0. The van der Waals surface area contributed by atoms with E-state index in [9.17, 15) is 0 Å². The molecule has 0 bridgehead atoms. The summed E-state index contributed by atoms with van der Waals surface area (Å²) in [6, 6.07) is 0.324. The summed E-state index contributed by atoms with van der Waals surface area (Å²) in [6.45, 7) is 8.81. The summed E-state index contributed by atoms with van der Waals surface area (Å²) in [7, 11) is 1.93. The minimum Gasteiger partial charge on any atom is -0.307 e. The van der Waals surface area contributed by atoms with E-state index in [1.807, 2.05) is 7.05 Å². The lowest BCUT2D eigenvalue weighted by Gasteiger charge is -2.15. The molecule has 0 aliphatic rings. The van der Waals surface area contributed by atoms with E-state index < -0.39 is 0 Å². The maximum absolute atomic E-state index is 3.18. The summed E-state index contributed by atoms with van der Waals surface area (Å²) in [5.41, 5.74) is 0.414. The fourth-order valence-electron chi connectivity index (χ4n) is 0.735. The standard InChI is InChI=1S/C11H21N/c1-10(12-5)8-6-7-9-11(2,3)4/h10,12H,7,9H2,1-5H3. The van der Waals surface area contributed by atoms with Crippen LogP contribution in [0.4, 0.5) is 0 Å². The third-order valence-corrected chi connectivity index (χ3v) is 1.75. The highest BCUT2D eigenvalue weighted by Gasteiger charge is 2.07. The van der Waals surface area contributed by atoms with Crippen LogP contribution in [-0.2, 0) is 0 Å². The van der Waals surface area contributed by atoms with Crippen LogP contribution in [0.15, 0.2) is 0 Å². The Morgan fingerprint density at radius 2 is 1.92 bits per heavy atom. The van der Waals surface area contributed by atoms with Crippen molar-refractivity contribution in [2.75, 3.05) is 7.05 Å². The van der Waals surface area contributed by atoms with Crippen LogP contribution in [0.3, 0.4) is 0 Å². The molecule has 0 aliphatic carbocycles. The molecule has 1 atom stereocenters. The molecule has 0 radical (unpaired) electrons. The van der Waals surface area contributed by atoms with E-state index in [1.54, 1.807) is 0 Å². The fraction of sp³-hybridized carbons (Fsp3) is 0.818. The molecule has 0 saturated carbocycles. The van der Waals surface area contributed by atoms with Crippen molar-refractivity contribution in [1.29, 1.82) is 0 Å². The molecular weight excluding hydrogens is 146 g/mol. The largest absolute Gasteiger partial charge is 0.307 e. The maximum Gasteiger partial charge on any atom is 0.0658 e. The highest BCUT2D eigenvalue weighted by molar-refractivity contribution is 5.05. The third kappa shape index (κ3) is 7.63. The van der Waals surface area contributed by atoms with Gasteiger partial charge in [0.2, 0.25) is 0 Å². The molecule has 0 spiro atoms. The van der Waals surface area contributed by atoms with Gasteiger partial charge in [-0.2, -0.15) is 0 Å². The summed E-state index contributed by atoms with van der Waals surface area (Å²) < 4.78 is 0. The van der Waals surface area contributed by atoms with Crippen molar-refractivity contribution in [3.63, 3.8) is 0 Å². The summed E-state index contributed by atoms with van der Waals surface area (Å²) >= 11 is 0. The zero-order valence-corrected chi connectivity index (χ0v) is 8.99. The topological polar surface area (TPSA) is 12.0 Å². The van der Waals surface area contributed by atoms with Crippen molar-refractivity contribution >= 4 is 0 Å². The summed E-state index contributed by atoms with van der Waals surface area (Å²) in [5.74, 6) is 6.32. The van der Waals surface area contributed by atoms with Gasteiger partial charge in [-0.15, -0.1) is 5.92 Å². The zero-order valence-electron chi connectivity index (χ0n) is 8.99. The van der Waals surface area contributed by atoms with E-state index >= 15 is 0 Å². The van der Waals surface area contributed by atoms with Crippen molar-refractivity contribution in [1.82, 2.24) is 5.32 Å². The van der Waals surface area contributed by atoms with Crippen LogP contribution in [0.25, 0.3) is 0 Å². The summed E-state index contributed by atoms with van der Waals surface area (Å²) in [6.07, 6.45) is 2.19. The van der Waals surface area contributed by atoms with Crippen molar-refractivity contribution in [2.24, 2.45) is 5.41 Å². The first-order chi connectivity index (χ1) is 5.45. The molecule has 0 aliphatic heterocycles. The van der Waals surface area contributed by atoms with Crippen LogP contribution < -0.4 is 5.32 Å². The van der Waals surface area contributed by atoms with Gasteiger partial charge in [0.05, 0.1) is 6.04 Å². The first-order valence-electron chi connectivity index (χ1n) is 4.61. The Labute approximate surface area is 76.9 Å². The van der Waals surface area contributed by atoms with Crippen molar-refractivity contribution in [3.05, 3.63) is 0 Å². The Kier molecular flexibility index (Phi) is 5.01. The van der Waals surface area contributed by atoms with Crippen molar-refractivity contribution in [3.8, 4) is 11.8 Å². The molecule has 1 heteroatoms. The second-order valence-corrected chi connectivity index (χ2v) is 4.39. The molecule has 0 heterocycles. The molecule has 12 heavy (non-hydrogen) atoms. The Morgan fingerprint density at radius 1 is 1.33 bits per heavy atom. The zero-order chi connectivity index (χ0) is 9.61. The lowest BCUT2D eigenvalue weighted by atomic mass is 9.91. The van der Waals surface area contributed by atoms with Gasteiger partial charge in [-0.1, -0.05) is 26.7 Å². The van der Waals surface area contributed by atoms with E-state index in [-0.39, 0.29) is 0 Å². The molecule has 70 valence electrons. The fourth-order valence-corrected chi connectivity index (χ4v) is 0.735. The second kappa shape index (κ2) is 5.22. The molecule has 0 rings (SSSR count). The minimum absolute atomic E-state index is 0.324. The minimum atomic E-state index is 0.324. The van der Waals surface area contributed by atoms with Crippen LogP contribution in [0.1, 0.15) is 40.5 Å². The molecule has 0 aromatic carbocycles. The lowest BCUT2D eigenvalue weighted by molar-refractivity contribution is 0.384. The van der Waals surface area contributed by atoms with Crippen LogP contribution in [0, 0.1) is 17.3 Å². The molecule has 1 unspecified atom stereocenters. The predicted molar refractivity (Wildman–Crippen MR) is 55.0 cm³/mol. The van der Waals surface area contributed by atoms with Gasteiger partial charge in [-0.25, -0.2) is 0 Å². The monoisotopic (exact) mass is 167 g/mol. The van der Waals surface area contributed by atoms with Crippen LogP contribution in [-0.4, -0.2) is 13.1 Å². The Bertz CT molecular complexity index is 166. The maximum atomic E-state index is 3.18. The Morgan fingerprint density at radius 3 is 2.33 bits per heavy atom. The first-order valence-corrected chi connectivity index (χ1v) is 4.61. The van der Waals surface area contributed by atoms with E-state index in [1.165, 1.54) is 6.42 Å². The molecule has 0 saturated heterocycles. The number of hydrogen-bond donors (Lipinski definition) is 1. The van der Waals surface area contributed by atoms with Gasteiger partial charge in [0, 0.05) is 6.42 Å². The van der Waals surface area contributed by atoms with Gasteiger partial charge in [0.25, 0.3) is 0 Å². The van der Waals surface area contributed by atoms with Gasteiger partial charge in [-0.3, -0.25) is 0 Å². The van der Waals surface area contributed by atoms with Crippen LogP contribution in [0.5, 0.6) is 0 Å². The number of nitrogens with one attached hydrogen (secondary N) is 1. The average molecular weight is 167 g/mol. The SMILES string of the molecule is CNC(C)C#CCCC(C)(C)C.